The van der Waals surface area contributed by atoms with Crippen molar-refractivity contribution in [2.24, 2.45) is 7.05 Å². The number of aromatic nitrogens is 2. The molecule has 5 heteroatoms. The van der Waals surface area contributed by atoms with Gasteiger partial charge in [-0.3, -0.25) is 9.48 Å². The molecule has 2 aromatic rings. The zero-order valence-corrected chi connectivity index (χ0v) is 12.2. The number of nitrogens with zero attached hydrogens (tertiary/aromatic N) is 2. The van der Waals surface area contributed by atoms with Crippen LogP contribution in [0.2, 0.25) is 5.02 Å². The highest BCUT2D eigenvalue weighted by Gasteiger charge is 2.09. The van der Waals surface area contributed by atoms with Gasteiger partial charge in [0.25, 0.3) is 0 Å². The first-order chi connectivity index (χ1) is 8.58. The van der Waals surface area contributed by atoms with Crippen LogP contribution >= 0.6 is 27.5 Å². The molecular formula is C13H12BrClN2O. The monoisotopic (exact) mass is 326 g/mol. The summed E-state index contributed by atoms with van der Waals surface area (Å²) in [5.74, 6) is 0.105. The van der Waals surface area contributed by atoms with Gasteiger partial charge in [0.05, 0.1) is 5.02 Å². The molecule has 1 heterocycles. The summed E-state index contributed by atoms with van der Waals surface area (Å²) in [7, 11) is 1.87. The molecule has 0 bridgehead atoms. The maximum atomic E-state index is 12.0. The first kappa shape index (κ1) is 13.3. The van der Waals surface area contributed by atoms with Crippen molar-refractivity contribution in [3.8, 4) is 0 Å². The van der Waals surface area contributed by atoms with Crippen molar-refractivity contribution in [2.45, 2.75) is 12.8 Å². The number of carbonyl (C=O) groups excluding carboxylic acids is 1. The Labute approximate surface area is 119 Å². The average molecular weight is 328 g/mol. The highest BCUT2D eigenvalue weighted by atomic mass is 79.9. The van der Waals surface area contributed by atoms with Gasteiger partial charge < -0.3 is 0 Å². The van der Waals surface area contributed by atoms with Gasteiger partial charge in [0.2, 0.25) is 0 Å². The molecule has 0 aliphatic heterocycles. The number of hydrogen-bond donors (Lipinski definition) is 0. The summed E-state index contributed by atoms with van der Waals surface area (Å²) in [6.45, 7) is 0. The molecule has 0 aliphatic carbocycles. The molecule has 3 nitrogen and oxygen atoms in total. The first-order valence-corrected chi connectivity index (χ1v) is 6.70. The largest absolute Gasteiger partial charge is 0.294 e. The predicted octanol–water partition coefficient (Wildman–Crippen LogP) is 3.65. The Morgan fingerprint density at radius 2 is 2.22 bits per heavy atom. The number of halogens is 2. The fourth-order valence-electron chi connectivity index (χ4n) is 1.70. The topological polar surface area (TPSA) is 34.9 Å². The number of rotatable bonds is 4. The highest BCUT2D eigenvalue weighted by molar-refractivity contribution is 9.10. The summed E-state index contributed by atoms with van der Waals surface area (Å²) in [5, 5.41) is 4.68. The van der Waals surface area contributed by atoms with Crippen molar-refractivity contribution >= 4 is 33.3 Å². The van der Waals surface area contributed by atoms with Gasteiger partial charge in [-0.05, 0) is 46.6 Å². The van der Waals surface area contributed by atoms with Crippen LogP contribution in [-0.4, -0.2) is 15.6 Å². The van der Waals surface area contributed by atoms with Crippen molar-refractivity contribution in [3.05, 3.63) is 51.2 Å². The molecule has 0 aliphatic rings. The Bertz CT molecular complexity index is 580. The van der Waals surface area contributed by atoms with Crippen LogP contribution in [0.1, 0.15) is 22.5 Å². The molecule has 18 heavy (non-hydrogen) atoms. The molecule has 0 amide bonds. The lowest BCUT2D eigenvalue weighted by Gasteiger charge is -2.03. The Morgan fingerprint density at radius 1 is 1.44 bits per heavy atom. The van der Waals surface area contributed by atoms with Gasteiger partial charge in [0, 0.05) is 35.4 Å². The third kappa shape index (κ3) is 3.00. The molecule has 0 unspecified atom stereocenters. The van der Waals surface area contributed by atoms with Crippen LogP contribution in [0, 0.1) is 0 Å². The van der Waals surface area contributed by atoms with Crippen molar-refractivity contribution in [1.82, 2.24) is 9.78 Å². The van der Waals surface area contributed by atoms with Gasteiger partial charge in [-0.1, -0.05) is 11.6 Å². The van der Waals surface area contributed by atoms with E-state index in [-0.39, 0.29) is 5.78 Å². The zero-order chi connectivity index (χ0) is 13.1. The quantitative estimate of drug-likeness (QED) is 0.803. The standard InChI is InChI=1S/C13H12BrClN2O/c1-17-10(6-7-16-17)3-5-13(18)9-2-4-12(15)11(14)8-9/h2,4,6-8H,3,5H2,1H3. The van der Waals surface area contributed by atoms with E-state index in [2.05, 4.69) is 21.0 Å². The molecule has 0 atom stereocenters. The van der Waals surface area contributed by atoms with E-state index >= 15 is 0 Å². The maximum absolute atomic E-state index is 12.0. The Balaban J connectivity index is 2.04. The van der Waals surface area contributed by atoms with Crippen molar-refractivity contribution in [2.75, 3.05) is 0 Å². The second-order valence-corrected chi connectivity index (χ2v) is 5.26. The minimum Gasteiger partial charge on any atom is -0.294 e. The number of hydrogen-bond acceptors (Lipinski definition) is 2. The van der Waals surface area contributed by atoms with Crippen LogP contribution in [0.3, 0.4) is 0 Å². The summed E-state index contributed by atoms with van der Waals surface area (Å²) in [6.07, 6.45) is 2.89. The summed E-state index contributed by atoms with van der Waals surface area (Å²) < 4.78 is 2.53. The Hall–Kier alpha value is -1.13. The number of Topliss-reactive ketones (excluding diaryl/α,β-unsaturated/α-hetero) is 1. The lowest BCUT2D eigenvalue weighted by Crippen LogP contribution is -2.04. The number of ketones is 1. The van der Waals surface area contributed by atoms with Gasteiger partial charge in [0.1, 0.15) is 0 Å². The fraction of sp³-hybridized carbons (Fsp3) is 0.231. The molecule has 0 saturated carbocycles. The molecule has 0 fully saturated rings. The zero-order valence-electron chi connectivity index (χ0n) is 9.86. The summed E-state index contributed by atoms with van der Waals surface area (Å²) in [4.78, 5) is 12.0. The van der Waals surface area contributed by atoms with Crippen LogP contribution in [0.5, 0.6) is 0 Å². The lowest BCUT2D eigenvalue weighted by molar-refractivity contribution is 0.0982. The van der Waals surface area contributed by atoms with E-state index in [1.165, 1.54) is 0 Å². The van der Waals surface area contributed by atoms with Crippen LogP contribution < -0.4 is 0 Å². The van der Waals surface area contributed by atoms with Crippen molar-refractivity contribution < 1.29 is 4.79 Å². The van der Waals surface area contributed by atoms with E-state index in [4.69, 9.17) is 11.6 Å². The highest BCUT2D eigenvalue weighted by Crippen LogP contribution is 2.24. The van der Waals surface area contributed by atoms with Crippen LogP contribution in [0.25, 0.3) is 0 Å². The number of benzene rings is 1. The first-order valence-electron chi connectivity index (χ1n) is 5.53. The van der Waals surface area contributed by atoms with Gasteiger partial charge in [-0.2, -0.15) is 5.10 Å². The Kier molecular flexibility index (Phi) is 4.19. The van der Waals surface area contributed by atoms with E-state index in [0.717, 1.165) is 10.2 Å². The van der Waals surface area contributed by atoms with E-state index in [1.54, 1.807) is 29.1 Å². The van der Waals surface area contributed by atoms with Crippen LogP contribution in [0.4, 0.5) is 0 Å². The smallest absolute Gasteiger partial charge is 0.163 e. The van der Waals surface area contributed by atoms with Crippen LogP contribution in [-0.2, 0) is 13.5 Å². The minimum atomic E-state index is 0.105. The molecule has 1 aromatic carbocycles. The molecule has 0 N–H and O–H groups in total. The fourth-order valence-corrected chi connectivity index (χ4v) is 2.20. The lowest BCUT2D eigenvalue weighted by atomic mass is 10.1. The van der Waals surface area contributed by atoms with Gasteiger partial charge >= 0.3 is 0 Å². The normalized spacial score (nSPS) is 10.6. The van der Waals surface area contributed by atoms with E-state index in [1.807, 2.05) is 13.1 Å². The molecule has 0 radical (unpaired) electrons. The molecule has 2 rings (SSSR count). The molecule has 1 aromatic heterocycles. The Morgan fingerprint density at radius 3 is 2.83 bits per heavy atom. The van der Waals surface area contributed by atoms with Crippen molar-refractivity contribution in [1.29, 1.82) is 0 Å². The van der Waals surface area contributed by atoms with Gasteiger partial charge in [0.15, 0.2) is 5.78 Å². The summed E-state index contributed by atoms with van der Waals surface area (Å²) >= 11 is 9.21. The predicted molar refractivity (Wildman–Crippen MR) is 75.0 cm³/mol. The van der Waals surface area contributed by atoms with Crippen LogP contribution in [0.15, 0.2) is 34.9 Å². The van der Waals surface area contributed by atoms with Gasteiger partial charge in [-0.15, -0.1) is 0 Å². The summed E-state index contributed by atoms with van der Waals surface area (Å²) in [5.41, 5.74) is 1.73. The van der Waals surface area contributed by atoms with Crippen molar-refractivity contribution in [3.63, 3.8) is 0 Å². The third-order valence-electron chi connectivity index (χ3n) is 2.77. The second-order valence-electron chi connectivity index (χ2n) is 4.00. The second kappa shape index (κ2) is 5.67. The molecule has 94 valence electrons. The SMILES string of the molecule is Cn1nccc1CCC(=O)c1ccc(Cl)c(Br)c1. The van der Waals surface area contributed by atoms with E-state index < -0.39 is 0 Å². The third-order valence-corrected chi connectivity index (χ3v) is 3.99. The average Bonchev–Trinajstić information content (AvgIpc) is 2.75. The minimum absolute atomic E-state index is 0.105. The molecule has 0 saturated heterocycles. The summed E-state index contributed by atoms with van der Waals surface area (Å²) in [6, 6.07) is 7.15. The van der Waals surface area contributed by atoms with Gasteiger partial charge in [-0.25, -0.2) is 0 Å². The molecule has 0 spiro atoms. The van der Waals surface area contributed by atoms with E-state index in [9.17, 15) is 4.79 Å². The maximum Gasteiger partial charge on any atom is 0.163 e. The number of carbonyl (C=O) groups is 1. The number of aryl methyl sites for hydroxylation is 2. The van der Waals surface area contributed by atoms with E-state index in [0.29, 0.717) is 23.4 Å². The molecular weight excluding hydrogens is 316 g/mol.